The molecule has 9 nitrogen and oxygen atoms in total. The third-order valence-corrected chi connectivity index (χ3v) is 6.71. The molecule has 0 spiro atoms. The molecule has 4 heterocycles. The standard InChI is InChI=1S/C26H25N7O2/c1-14-9-20-19(7-8-28-24(20)27)15(2)21(14)11-29-25(34)26-32-31-23(35-26)10-18-13-33-12-17(16-3-4-16)5-6-22(33)30-18/h5-9,12-13,16H,3-4,10-11H2,1-2H3,(H2,27,28)(H,29,34). The number of benzene rings is 1. The lowest BCUT2D eigenvalue weighted by atomic mass is 9.96. The van der Waals surface area contributed by atoms with Crippen molar-refractivity contribution in [1.29, 1.82) is 0 Å². The summed E-state index contributed by atoms with van der Waals surface area (Å²) < 4.78 is 7.68. The highest BCUT2D eigenvalue weighted by atomic mass is 16.4. The number of fused-ring (bicyclic) bond motifs is 2. The van der Waals surface area contributed by atoms with Gasteiger partial charge in [-0.25, -0.2) is 9.97 Å². The molecule has 9 heteroatoms. The van der Waals surface area contributed by atoms with Crippen molar-refractivity contribution in [2.45, 2.75) is 45.6 Å². The fraction of sp³-hybridized carbons (Fsp3) is 0.269. The molecule has 1 aromatic carbocycles. The summed E-state index contributed by atoms with van der Waals surface area (Å²) in [7, 11) is 0. The van der Waals surface area contributed by atoms with E-state index in [1.165, 1.54) is 18.4 Å². The third kappa shape index (κ3) is 3.99. The number of rotatable bonds is 6. The normalized spacial score (nSPS) is 13.5. The van der Waals surface area contributed by atoms with E-state index in [-0.39, 0.29) is 5.89 Å². The molecule has 1 aliphatic carbocycles. The van der Waals surface area contributed by atoms with Gasteiger partial charge in [-0.3, -0.25) is 4.79 Å². The first kappa shape index (κ1) is 21.3. The molecule has 0 bridgehead atoms. The monoisotopic (exact) mass is 467 g/mol. The molecule has 176 valence electrons. The summed E-state index contributed by atoms with van der Waals surface area (Å²) >= 11 is 0. The first-order valence-corrected chi connectivity index (χ1v) is 11.7. The van der Waals surface area contributed by atoms with Crippen LogP contribution in [0, 0.1) is 13.8 Å². The number of amides is 1. The molecule has 4 aromatic heterocycles. The van der Waals surface area contributed by atoms with Gasteiger partial charge in [0.25, 0.3) is 0 Å². The minimum atomic E-state index is -0.416. The Labute approximate surface area is 201 Å². The van der Waals surface area contributed by atoms with Gasteiger partial charge in [0.1, 0.15) is 11.5 Å². The Morgan fingerprint density at radius 1 is 1.17 bits per heavy atom. The van der Waals surface area contributed by atoms with Gasteiger partial charge in [-0.05, 0) is 78.4 Å². The number of carbonyl (C=O) groups excluding carboxylic acids is 1. The Kier molecular flexibility index (Phi) is 4.98. The van der Waals surface area contributed by atoms with E-state index in [2.05, 4.69) is 37.7 Å². The van der Waals surface area contributed by atoms with Crippen LogP contribution in [0.5, 0.6) is 0 Å². The third-order valence-electron chi connectivity index (χ3n) is 6.71. The lowest BCUT2D eigenvalue weighted by Crippen LogP contribution is -2.24. The number of hydrogen-bond donors (Lipinski definition) is 2. The van der Waals surface area contributed by atoms with Gasteiger partial charge in [0, 0.05) is 30.5 Å². The SMILES string of the molecule is Cc1cc2c(N)nccc2c(C)c1CNC(=O)c1nnc(Cc2cn3cc(C4CC4)ccc3n2)o1. The predicted molar refractivity (Wildman–Crippen MR) is 131 cm³/mol. The molecule has 6 rings (SSSR count). The van der Waals surface area contributed by atoms with Crippen LogP contribution in [0.15, 0.2) is 47.3 Å². The van der Waals surface area contributed by atoms with Crippen molar-refractivity contribution < 1.29 is 9.21 Å². The van der Waals surface area contributed by atoms with E-state index in [0.717, 1.165) is 38.8 Å². The van der Waals surface area contributed by atoms with Crippen LogP contribution in [0.1, 0.15) is 63.3 Å². The quantitative estimate of drug-likeness (QED) is 0.388. The number of carbonyl (C=O) groups is 1. The van der Waals surface area contributed by atoms with Gasteiger partial charge in [-0.15, -0.1) is 10.2 Å². The van der Waals surface area contributed by atoms with Crippen molar-refractivity contribution in [3.63, 3.8) is 0 Å². The summed E-state index contributed by atoms with van der Waals surface area (Å²) in [5, 5.41) is 12.8. The molecule has 35 heavy (non-hydrogen) atoms. The zero-order valence-corrected chi connectivity index (χ0v) is 19.6. The summed E-state index contributed by atoms with van der Waals surface area (Å²) in [5.41, 5.74) is 12.2. The van der Waals surface area contributed by atoms with Gasteiger partial charge in [-0.2, -0.15) is 0 Å². The van der Waals surface area contributed by atoms with Gasteiger partial charge in [0.05, 0.1) is 12.1 Å². The maximum atomic E-state index is 12.7. The van der Waals surface area contributed by atoms with E-state index in [1.807, 2.05) is 42.6 Å². The van der Waals surface area contributed by atoms with Crippen LogP contribution in [0.3, 0.4) is 0 Å². The molecule has 1 aliphatic rings. The summed E-state index contributed by atoms with van der Waals surface area (Å²) in [6.07, 6.45) is 8.67. The maximum Gasteiger partial charge on any atom is 0.309 e. The number of anilines is 1. The van der Waals surface area contributed by atoms with Gasteiger partial charge in [-0.1, -0.05) is 6.07 Å². The molecule has 3 N–H and O–H groups in total. The summed E-state index contributed by atoms with van der Waals surface area (Å²) in [5.74, 6) is 1.04. The Bertz CT molecular complexity index is 1600. The van der Waals surface area contributed by atoms with Gasteiger partial charge in [0.15, 0.2) is 0 Å². The lowest BCUT2D eigenvalue weighted by molar-refractivity contribution is 0.0914. The highest BCUT2D eigenvalue weighted by Crippen LogP contribution is 2.39. The summed E-state index contributed by atoms with van der Waals surface area (Å²) in [6, 6.07) is 8.11. The Balaban J connectivity index is 1.15. The van der Waals surface area contributed by atoms with E-state index >= 15 is 0 Å². The van der Waals surface area contributed by atoms with Gasteiger partial charge in [0.2, 0.25) is 5.89 Å². The van der Waals surface area contributed by atoms with Crippen LogP contribution in [0.2, 0.25) is 0 Å². The fourth-order valence-electron chi connectivity index (χ4n) is 4.62. The number of nitrogens with zero attached hydrogens (tertiary/aromatic N) is 5. The second kappa shape index (κ2) is 8.19. The molecule has 0 radical (unpaired) electrons. The molecular weight excluding hydrogens is 442 g/mol. The molecule has 0 unspecified atom stereocenters. The second-order valence-electron chi connectivity index (χ2n) is 9.18. The largest absolute Gasteiger partial charge is 0.416 e. The number of nitrogens with one attached hydrogen (secondary N) is 1. The van der Waals surface area contributed by atoms with Gasteiger partial charge >= 0.3 is 11.8 Å². The fourth-order valence-corrected chi connectivity index (χ4v) is 4.62. The van der Waals surface area contributed by atoms with Crippen LogP contribution >= 0.6 is 0 Å². The highest BCUT2D eigenvalue weighted by Gasteiger charge is 2.24. The molecule has 0 saturated heterocycles. The van der Waals surface area contributed by atoms with Gasteiger partial charge < -0.3 is 19.9 Å². The van der Waals surface area contributed by atoms with E-state index in [1.54, 1.807) is 6.20 Å². The van der Waals surface area contributed by atoms with Crippen LogP contribution in [0.25, 0.3) is 16.4 Å². The van der Waals surface area contributed by atoms with Crippen molar-refractivity contribution in [3.05, 3.63) is 82.6 Å². The van der Waals surface area contributed by atoms with Crippen molar-refractivity contribution in [1.82, 2.24) is 29.9 Å². The molecular formula is C26H25N7O2. The van der Waals surface area contributed by atoms with Crippen molar-refractivity contribution >= 4 is 28.1 Å². The Hall–Kier alpha value is -4.27. The average molecular weight is 468 g/mol. The molecule has 5 aromatic rings. The van der Waals surface area contributed by atoms with Crippen molar-refractivity contribution in [2.24, 2.45) is 0 Å². The van der Waals surface area contributed by atoms with Crippen LogP contribution in [0.4, 0.5) is 5.82 Å². The van der Waals surface area contributed by atoms with Crippen LogP contribution in [-0.4, -0.2) is 30.5 Å². The number of hydrogen-bond acceptors (Lipinski definition) is 7. The number of aryl methyl sites for hydroxylation is 2. The number of nitrogens with two attached hydrogens (primary N) is 1. The average Bonchev–Trinajstić information content (AvgIpc) is 3.46. The van der Waals surface area contributed by atoms with Crippen LogP contribution < -0.4 is 11.1 Å². The molecule has 1 saturated carbocycles. The number of nitrogen functional groups attached to an aromatic ring is 1. The van der Waals surface area contributed by atoms with E-state index in [9.17, 15) is 4.79 Å². The smallest absolute Gasteiger partial charge is 0.309 e. The Morgan fingerprint density at radius 2 is 2.03 bits per heavy atom. The number of aromatic nitrogens is 5. The second-order valence-corrected chi connectivity index (χ2v) is 9.18. The van der Waals surface area contributed by atoms with E-state index in [0.29, 0.717) is 30.6 Å². The summed E-state index contributed by atoms with van der Waals surface area (Å²) in [4.78, 5) is 21.5. The van der Waals surface area contributed by atoms with E-state index in [4.69, 9.17) is 10.2 Å². The summed E-state index contributed by atoms with van der Waals surface area (Å²) in [6.45, 7) is 4.35. The maximum absolute atomic E-state index is 12.7. The van der Waals surface area contributed by atoms with Crippen LogP contribution in [-0.2, 0) is 13.0 Å². The lowest BCUT2D eigenvalue weighted by Gasteiger charge is -2.14. The van der Waals surface area contributed by atoms with E-state index < -0.39 is 5.91 Å². The topological polar surface area (TPSA) is 124 Å². The molecule has 0 atom stereocenters. The number of imidazole rings is 1. The highest BCUT2D eigenvalue weighted by molar-refractivity contribution is 5.95. The Morgan fingerprint density at radius 3 is 2.86 bits per heavy atom. The first-order chi connectivity index (χ1) is 17.0. The minimum Gasteiger partial charge on any atom is -0.416 e. The molecule has 1 fully saturated rings. The zero-order chi connectivity index (χ0) is 24.1. The van der Waals surface area contributed by atoms with Crippen molar-refractivity contribution in [3.8, 4) is 0 Å². The minimum absolute atomic E-state index is 0.0654. The van der Waals surface area contributed by atoms with Crippen molar-refractivity contribution in [2.75, 3.05) is 5.73 Å². The first-order valence-electron chi connectivity index (χ1n) is 11.7. The number of pyridine rings is 2. The molecule has 1 amide bonds. The predicted octanol–water partition coefficient (Wildman–Crippen LogP) is 3.86. The molecule has 0 aliphatic heterocycles. The zero-order valence-electron chi connectivity index (χ0n) is 19.6.